The van der Waals surface area contributed by atoms with E-state index in [1.165, 1.54) is 0 Å². The van der Waals surface area contributed by atoms with E-state index >= 15 is 0 Å². The number of aliphatic imine (C=N–C) groups is 1. The number of nitrogens with zero attached hydrogens (tertiary/aromatic N) is 3. The first-order valence-electron chi connectivity index (χ1n) is 8.20. The Morgan fingerprint density at radius 3 is 2.60 bits per heavy atom. The number of rotatable bonds is 7. The van der Waals surface area contributed by atoms with Gasteiger partial charge in [0.05, 0.1) is 24.0 Å². The molecule has 2 rings (SSSR count). The largest absolute Gasteiger partial charge is 0.377 e. The molecule has 1 heterocycles. The second-order valence-corrected chi connectivity index (χ2v) is 6.14. The molecule has 0 spiro atoms. The first-order valence-corrected chi connectivity index (χ1v) is 8.20. The number of benzene rings is 1. The third-order valence-electron chi connectivity index (χ3n) is 3.65. The number of aromatic nitrogens is 2. The number of guanidine groups is 1. The fourth-order valence-electron chi connectivity index (χ4n) is 2.04. The van der Waals surface area contributed by atoms with E-state index in [2.05, 4.69) is 20.7 Å². The average Bonchev–Trinajstić information content (AvgIpc) is 3.07. The third-order valence-corrected chi connectivity index (χ3v) is 3.65. The molecule has 138 valence electrons. The SMILES string of the molecule is CCNC(=NCc1cnn(-c2ccccc2)c1)NCC(C)(C)OC.I. The van der Waals surface area contributed by atoms with Gasteiger partial charge in [-0.05, 0) is 32.9 Å². The second kappa shape index (κ2) is 10.4. The molecule has 1 aromatic heterocycles. The van der Waals surface area contributed by atoms with Crippen LogP contribution in [-0.2, 0) is 11.3 Å². The van der Waals surface area contributed by atoms with E-state index in [4.69, 9.17) is 4.74 Å². The molecular formula is C18H28IN5O. The number of halogens is 1. The third kappa shape index (κ3) is 7.03. The van der Waals surface area contributed by atoms with Crippen molar-refractivity contribution in [2.75, 3.05) is 20.2 Å². The van der Waals surface area contributed by atoms with Gasteiger partial charge in [0.25, 0.3) is 0 Å². The van der Waals surface area contributed by atoms with Crippen LogP contribution < -0.4 is 10.6 Å². The minimum Gasteiger partial charge on any atom is -0.377 e. The normalized spacial score (nSPS) is 11.8. The van der Waals surface area contributed by atoms with E-state index in [1.54, 1.807) is 7.11 Å². The van der Waals surface area contributed by atoms with E-state index in [9.17, 15) is 0 Å². The van der Waals surface area contributed by atoms with Gasteiger partial charge < -0.3 is 15.4 Å². The molecule has 0 aliphatic heterocycles. The Balaban J connectivity index is 0.00000312. The van der Waals surface area contributed by atoms with Gasteiger partial charge in [0.15, 0.2) is 5.96 Å². The van der Waals surface area contributed by atoms with Crippen LogP contribution in [0, 0.1) is 0 Å². The Kier molecular flexibility index (Phi) is 8.91. The Morgan fingerprint density at radius 2 is 1.96 bits per heavy atom. The van der Waals surface area contributed by atoms with Crippen LogP contribution in [-0.4, -0.2) is 41.5 Å². The van der Waals surface area contributed by atoms with Crippen molar-refractivity contribution in [1.29, 1.82) is 0 Å². The maximum Gasteiger partial charge on any atom is 0.191 e. The number of ether oxygens (including phenoxy) is 1. The van der Waals surface area contributed by atoms with Gasteiger partial charge >= 0.3 is 0 Å². The zero-order valence-electron chi connectivity index (χ0n) is 15.3. The Morgan fingerprint density at radius 1 is 1.24 bits per heavy atom. The van der Waals surface area contributed by atoms with Gasteiger partial charge in [-0.3, -0.25) is 0 Å². The number of hydrogen-bond donors (Lipinski definition) is 2. The average molecular weight is 457 g/mol. The quantitative estimate of drug-likeness (QED) is 0.381. The highest BCUT2D eigenvalue weighted by atomic mass is 127. The maximum absolute atomic E-state index is 5.42. The highest BCUT2D eigenvalue weighted by Crippen LogP contribution is 2.08. The van der Waals surface area contributed by atoms with Crippen LogP contribution in [0.5, 0.6) is 0 Å². The van der Waals surface area contributed by atoms with Crippen molar-refractivity contribution in [3.8, 4) is 5.69 Å². The molecule has 0 radical (unpaired) electrons. The predicted octanol–water partition coefficient (Wildman–Crippen LogP) is 2.97. The summed E-state index contributed by atoms with van der Waals surface area (Å²) in [5, 5.41) is 10.9. The van der Waals surface area contributed by atoms with Gasteiger partial charge in [0, 0.05) is 32.0 Å². The number of nitrogens with one attached hydrogen (secondary N) is 2. The first kappa shape index (κ1) is 21.4. The van der Waals surface area contributed by atoms with Crippen molar-refractivity contribution >= 4 is 29.9 Å². The molecule has 0 saturated heterocycles. The van der Waals surface area contributed by atoms with Crippen molar-refractivity contribution in [3.63, 3.8) is 0 Å². The molecule has 6 nitrogen and oxygen atoms in total. The van der Waals surface area contributed by atoms with Crippen LogP contribution in [0.1, 0.15) is 26.3 Å². The molecule has 7 heteroatoms. The van der Waals surface area contributed by atoms with Crippen molar-refractivity contribution in [1.82, 2.24) is 20.4 Å². The molecule has 0 fully saturated rings. The summed E-state index contributed by atoms with van der Waals surface area (Å²) in [6.07, 6.45) is 3.85. The van der Waals surface area contributed by atoms with Gasteiger partial charge in [-0.1, -0.05) is 18.2 Å². The number of methoxy groups -OCH3 is 1. The summed E-state index contributed by atoms with van der Waals surface area (Å²) in [7, 11) is 1.71. The lowest BCUT2D eigenvalue weighted by Crippen LogP contribution is -2.45. The van der Waals surface area contributed by atoms with Crippen LogP contribution in [0.15, 0.2) is 47.7 Å². The molecule has 25 heavy (non-hydrogen) atoms. The summed E-state index contributed by atoms with van der Waals surface area (Å²) in [6.45, 7) is 8.17. The molecule has 0 amide bonds. The summed E-state index contributed by atoms with van der Waals surface area (Å²) in [5.74, 6) is 0.773. The standard InChI is InChI=1S/C18H27N5O.HI/c1-5-19-17(21-14-18(2,3)24-4)20-11-15-12-22-23(13-15)16-9-7-6-8-10-16;/h6-10,12-13H,5,11,14H2,1-4H3,(H2,19,20,21);1H. The van der Waals surface area contributed by atoms with Gasteiger partial charge in [0.2, 0.25) is 0 Å². The Bertz CT molecular complexity index is 654. The lowest BCUT2D eigenvalue weighted by atomic mass is 10.1. The van der Waals surface area contributed by atoms with E-state index in [0.717, 1.165) is 23.8 Å². The number of para-hydroxylation sites is 1. The summed E-state index contributed by atoms with van der Waals surface area (Å²) in [5.41, 5.74) is 1.86. The van der Waals surface area contributed by atoms with Crippen molar-refractivity contribution < 1.29 is 4.74 Å². The molecule has 2 N–H and O–H groups in total. The predicted molar refractivity (Wildman–Crippen MR) is 113 cm³/mol. The number of hydrogen-bond acceptors (Lipinski definition) is 3. The lowest BCUT2D eigenvalue weighted by Gasteiger charge is -2.24. The summed E-state index contributed by atoms with van der Waals surface area (Å²) in [4.78, 5) is 4.61. The smallest absolute Gasteiger partial charge is 0.191 e. The Hall–Kier alpha value is -1.61. The van der Waals surface area contributed by atoms with Crippen LogP contribution in [0.3, 0.4) is 0 Å². The topological polar surface area (TPSA) is 63.5 Å². The Labute approximate surface area is 167 Å². The van der Waals surface area contributed by atoms with Gasteiger partial charge in [0.1, 0.15) is 0 Å². The van der Waals surface area contributed by atoms with Crippen LogP contribution in [0.4, 0.5) is 0 Å². The summed E-state index contributed by atoms with van der Waals surface area (Å²) >= 11 is 0. The lowest BCUT2D eigenvalue weighted by molar-refractivity contribution is 0.0268. The van der Waals surface area contributed by atoms with Crippen LogP contribution in [0.25, 0.3) is 5.69 Å². The van der Waals surface area contributed by atoms with Crippen LogP contribution in [0.2, 0.25) is 0 Å². The molecule has 0 aliphatic rings. The molecule has 0 aliphatic carbocycles. The highest BCUT2D eigenvalue weighted by molar-refractivity contribution is 14.0. The van der Waals surface area contributed by atoms with Crippen molar-refractivity contribution in [2.45, 2.75) is 32.9 Å². The van der Waals surface area contributed by atoms with E-state index in [-0.39, 0.29) is 29.6 Å². The minimum absolute atomic E-state index is 0. The molecule has 0 saturated carbocycles. The molecule has 2 aromatic rings. The van der Waals surface area contributed by atoms with E-state index < -0.39 is 0 Å². The van der Waals surface area contributed by atoms with Crippen molar-refractivity contribution in [2.24, 2.45) is 4.99 Å². The zero-order valence-corrected chi connectivity index (χ0v) is 17.7. The van der Waals surface area contributed by atoms with Gasteiger partial charge in [-0.2, -0.15) is 5.10 Å². The van der Waals surface area contributed by atoms with Crippen molar-refractivity contribution in [3.05, 3.63) is 48.3 Å². The second-order valence-electron chi connectivity index (χ2n) is 6.14. The first-order chi connectivity index (χ1) is 11.5. The minimum atomic E-state index is -0.242. The van der Waals surface area contributed by atoms with E-state index in [0.29, 0.717) is 13.1 Å². The fraction of sp³-hybridized carbons (Fsp3) is 0.444. The molecule has 1 aromatic carbocycles. The van der Waals surface area contributed by atoms with Gasteiger partial charge in [-0.15, -0.1) is 24.0 Å². The molecule has 0 atom stereocenters. The fourth-order valence-corrected chi connectivity index (χ4v) is 2.04. The summed E-state index contributed by atoms with van der Waals surface area (Å²) in [6, 6.07) is 10.0. The van der Waals surface area contributed by atoms with Crippen LogP contribution >= 0.6 is 24.0 Å². The molecular weight excluding hydrogens is 429 g/mol. The maximum atomic E-state index is 5.42. The zero-order chi connectivity index (χ0) is 17.4. The molecule has 0 bridgehead atoms. The van der Waals surface area contributed by atoms with Gasteiger partial charge in [-0.25, -0.2) is 9.67 Å². The summed E-state index contributed by atoms with van der Waals surface area (Å²) < 4.78 is 7.28. The molecule has 0 unspecified atom stereocenters. The van der Waals surface area contributed by atoms with E-state index in [1.807, 2.05) is 68.2 Å². The monoisotopic (exact) mass is 457 g/mol. The highest BCUT2D eigenvalue weighted by Gasteiger charge is 2.16.